The fourth-order valence-electron chi connectivity index (χ4n) is 5.38. The number of hydrogen-bond acceptors (Lipinski definition) is 7. The molecule has 0 aliphatic carbocycles. The van der Waals surface area contributed by atoms with Crippen LogP contribution in [-0.4, -0.2) is 79.8 Å². The number of piperazine rings is 1. The lowest BCUT2D eigenvalue weighted by Gasteiger charge is -2.40. The second kappa shape index (κ2) is 10.4. The summed E-state index contributed by atoms with van der Waals surface area (Å²) in [5, 5.41) is 15.2. The van der Waals surface area contributed by atoms with Gasteiger partial charge in [0, 0.05) is 44.1 Å². The third-order valence-corrected chi connectivity index (χ3v) is 7.38. The Morgan fingerprint density at radius 1 is 1.03 bits per heavy atom. The molecule has 1 atom stereocenters. The predicted octanol–water partition coefficient (Wildman–Crippen LogP) is 3.52. The van der Waals surface area contributed by atoms with Crippen LogP contribution in [0.25, 0.3) is 5.52 Å². The minimum Gasteiger partial charge on any atom is -0.337 e. The molecule has 10 nitrogen and oxygen atoms in total. The fourth-order valence-corrected chi connectivity index (χ4v) is 5.38. The highest BCUT2D eigenvalue weighted by atomic mass is 19.1. The Kier molecular flexibility index (Phi) is 6.67. The average molecular weight is 518 g/mol. The highest BCUT2D eigenvalue weighted by Gasteiger charge is 2.34. The number of amides is 1. The number of carbonyl (C=O) groups excluding carboxylic acids is 1. The van der Waals surface area contributed by atoms with Gasteiger partial charge in [0.05, 0.1) is 0 Å². The van der Waals surface area contributed by atoms with Crippen LogP contribution in [0.2, 0.25) is 0 Å². The number of nitrogens with zero attached hydrogens (tertiary/aromatic N) is 7. The van der Waals surface area contributed by atoms with Crippen LogP contribution in [-0.2, 0) is 4.79 Å². The van der Waals surface area contributed by atoms with Crippen molar-refractivity contribution >= 4 is 29.0 Å². The predicted molar refractivity (Wildman–Crippen MR) is 143 cm³/mol. The van der Waals surface area contributed by atoms with Crippen molar-refractivity contribution in [2.75, 3.05) is 49.5 Å². The molecule has 0 bridgehead atoms. The van der Waals surface area contributed by atoms with E-state index in [1.165, 1.54) is 18.6 Å². The molecule has 2 saturated heterocycles. The van der Waals surface area contributed by atoms with Gasteiger partial charge in [-0.15, -0.1) is 5.10 Å². The van der Waals surface area contributed by atoms with Crippen LogP contribution >= 0.6 is 0 Å². The average Bonchev–Trinajstić information content (AvgIpc) is 3.59. The number of aromatic amines is 1. The van der Waals surface area contributed by atoms with Crippen LogP contribution in [0.4, 0.5) is 22.0 Å². The number of piperidine rings is 1. The molecule has 2 fully saturated rings. The number of benzene rings is 1. The van der Waals surface area contributed by atoms with Gasteiger partial charge in [-0.1, -0.05) is 18.6 Å². The van der Waals surface area contributed by atoms with Crippen molar-refractivity contribution in [3.8, 4) is 0 Å². The zero-order chi connectivity index (χ0) is 26.1. The van der Waals surface area contributed by atoms with E-state index in [0.29, 0.717) is 43.8 Å². The smallest absolute Gasteiger partial charge is 0.245 e. The number of anilines is 3. The number of aryl methyl sites for hydroxylation is 1. The Labute approximate surface area is 220 Å². The Bertz CT molecular complexity index is 1400. The van der Waals surface area contributed by atoms with Crippen LogP contribution in [0.1, 0.15) is 36.6 Å². The van der Waals surface area contributed by atoms with Gasteiger partial charge in [-0.3, -0.25) is 14.8 Å². The van der Waals surface area contributed by atoms with E-state index in [-0.39, 0.29) is 17.8 Å². The van der Waals surface area contributed by atoms with Crippen molar-refractivity contribution in [1.29, 1.82) is 0 Å². The highest BCUT2D eigenvalue weighted by Crippen LogP contribution is 2.28. The monoisotopic (exact) mass is 517 g/mol. The summed E-state index contributed by atoms with van der Waals surface area (Å²) in [6, 6.07) is 11.8. The molecular formula is C27H32FN9O. The molecular weight excluding hydrogens is 485 g/mol. The Hall–Kier alpha value is -3.99. The van der Waals surface area contributed by atoms with E-state index in [1.807, 2.05) is 40.7 Å². The maximum Gasteiger partial charge on any atom is 0.245 e. The van der Waals surface area contributed by atoms with Gasteiger partial charge in [0.15, 0.2) is 11.6 Å². The highest BCUT2D eigenvalue weighted by molar-refractivity contribution is 5.83. The summed E-state index contributed by atoms with van der Waals surface area (Å²) >= 11 is 0. The molecule has 2 aliphatic rings. The Morgan fingerprint density at radius 3 is 2.50 bits per heavy atom. The first-order valence-corrected chi connectivity index (χ1v) is 13.2. The number of fused-ring (bicyclic) bond motifs is 1. The second-order valence-electron chi connectivity index (χ2n) is 10.0. The first-order chi connectivity index (χ1) is 18.5. The first kappa shape index (κ1) is 24.4. The van der Waals surface area contributed by atoms with Crippen LogP contribution in [0.5, 0.6) is 0 Å². The van der Waals surface area contributed by atoms with E-state index in [2.05, 4.69) is 25.3 Å². The minimum atomic E-state index is -0.386. The van der Waals surface area contributed by atoms with Gasteiger partial charge in [-0.25, -0.2) is 8.91 Å². The molecule has 198 valence electrons. The van der Waals surface area contributed by atoms with E-state index in [1.54, 1.807) is 12.1 Å². The molecule has 0 radical (unpaired) electrons. The van der Waals surface area contributed by atoms with E-state index in [0.717, 1.165) is 42.7 Å². The Morgan fingerprint density at radius 2 is 1.79 bits per heavy atom. The zero-order valence-electron chi connectivity index (χ0n) is 21.5. The van der Waals surface area contributed by atoms with E-state index < -0.39 is 0 Å². The van der Waals surface area contributed by atoms with Crippen molar-refractivity contribution in [3.05, 3.63) is 65.7 Å². The summed E-state index contributed by atoms with van der Waals surface area (Å²) in [6.45, 7) is 6.08. The van der Waals surface area contributed by atoms with E-state index >= 15 is 0 Å². The summed E-state index contributed by atoms with van der Waals surface area (Å²) in [6.07, 6.45) is 5.23. The molecule has 1 aromatic carbocycles. The standard InChI is InChI=1S/C27H32FN9O/c1-19-18-23(32-31-19)29-25-22-6-5-13-37(22)33-27(30-25)36-16-14-35(15-17-36)26(38)24(34-11-3-2-4-12-34)20-7-9-21(28)10-8-20/h5-10,13,18,24H,2-4,11-12,14-17H2,1H3,(H2,29,30,31,32,33). The van der Waals surface area contributed by atoms with Crippen LogP contribution in [0.3, 0.4) is 0 Å². The first-order valence-electron chi connectivity index (χ1n) is 13.2. The van der Waals surface area contributed by atoms with Crippen molar-refractivity contribution in [2.45, 2.75) is 32.2 Å². The van der Waals surface area contributed by atoms with Crippen LogP contribution < -0.4 is 10.2 Å². The molecule has 0 spiro atoms. The normalized spacial score (nSPS) is 17.6. The van der Waals surface area contributed by atoms with Gasteiger partial charge in [0.1, 0.15) is 17.4 Å². The number of H-pyrrole nitrogens is 1. The maximum absolute atomic E-state index is 13.8. The quantitative estimate of drug-likeness (QED) is 0.404. The van der Waals surface area contributed by atoms with Crippen molar-refractivity contribution in [3.63, 3.8) is 0 Å². The molecule has 4 aromatic rings. The molecule has 5 heterocycles. The zero-order valence-corrected chi connectivity index (χ0v) is 21.5. The fraction of sp³-hybridized carbons (Fsp3) is 0.407. The molecule has 6 rings (SSSR count). The van der Waals surface area contributed by atoms with Gasteiger partial charge in [-0.2, -0.15) is 10.1 Å². The van der Waals surface area contributed by atoms with Crippen molar-refractivity contribution in [2.24, 2.45) is 0 Å². The Balaban J connectivity index is 1.19. The molecule has 2 N–H and O–H groups in total. The number of nitrogens with one attached hydrogen (secondary N) is 2. The summed E-state index contributed by atoms with van der Waals surface area (Å²) in [5.74, 6) is 1.75. The molecule has 38 heavy (non-hydrogen) atoms. The van der Waals surface area contributed by atoms with Gasteiger partial charge in [-0.05, 0) is 62.7 Å². The molecule has 1 amide bonds. The van der Waals surface area contributed by atoms with Gasteiger partial charge < -0.3 is 15.1 Å². The summed E-state index contributed by atoms with van der Waals surface area (Å²) in [7, 11) is 0. The number of likely N-dealkylation sites (tertiary alicyclic amines) is 1. The summed E-state index contributed by atoms with van der Waals surface area (Å²) in [4.78, 5) is 25.0. The van der Waals surface area contributed by atoms with Gasteiger partial charge in [0.25, 0.3) is 0 Å². The second-order valence-corrected chi connectivity index (χ2v) is 10.0. The van der Waals surface area contributed by atoms with E-state index in [9.17, 15) is 9.18 Å². The number of aromatic nitrogens is 5. The SMILES string of the molecule is Cc1cc(Nc2nc(N3CCN(C(=O)C(c4ccc(F)cc4)N4CCCCC4)CC3)nn3cccc23)n[nH]1. The summed E-state index contributed by atoms with van der Waals surface area (Å²) < 4.78 is 15.5. The molecule has 11 heteroatoms. The topological polar surface area (TPSA) is 97.7 Å². The lowest BCUT2D eigenvalue weighted by Crippen LogP contribution is -2.53. The van der Waals surface area contributed by atoms with Gasteiger partial charge in [0.2, 0.25) is 11.9 Å². The largest absolute Gasteiger partial charge is 0.337 e. The lowest BCUT2D eigenvalue weighted by atomic mass is 10.00. The maximum atomic E-state index is 13.8. The molecule has 1 unspecified atom stereocenters. The number of carbonyl (C=O) groups is 1. The van der Waals surface area contributed by atoms with Crippen molar-refractivity contribution < 1.29 is 9.18 Å². The van der Waals surface area contributed by atoms with E-state index in [4.69, 9.17) is 10.1 Å². The molecule has 3 aromatic heterocycles. The lowest BCUT2D eigenvalue weighted by molar-refractivity contribution is -0.138. The molecule has 0 saturated carbocycles. The number of hydrogen-bond donors (Lipinski definition) is 2. The van der Waals surface area contributed by atoms with Crippen molar-refractivity contribution in [1.82, 2.24) is 34.6 Å². The third kappa shape index (κ3) is 4.93. The minimum absolute atomic E-state index is 0.0798. The number of rotatable bonds is 6. The number of halogens is 1. The van der Waals surface area contributed by atoms with Gasteiger partial charge >= 0.3 is 0 Å². The molecule has 2 aliphatic heterocycles. The van der Waals surface area contributed by atoms with Crippen LogP contribution in [0.15, 0.2) is 48.7 Å². The third-order valence-electron chi connectivity index (χ3n) is 7.38. The summed E-state index contributed by atoms with van der Waals surface area (Å²) in [5.41, 5.74) is 2.66. The van der Waals surface area contributed by atoms with Crippen LogP contribution in [0, 0.1) is 12.7 Å².